The Labute approximate surface area is 233 Å². The molecule has 0 radical (unpaired) electrons. The molecule has 0 amide bonds. The molecule has 2 aliphatic rings. The molecule has 3 unspecified atom stereocenters. The fourth-order valence-corrected chi connectivity index (χ4v) is 5.99. The molecular formula is C32H33NO7. The first-order valence-corrected chi connectivity index (χ1v) is 13.0. The molecule has 0 saturated heterocycles. The summed E-state index contributed by atoms with van der Waals surface area (Å²) in [6.07, 6.45) is 1.98. The molecule has 1 aliphatic heterocycles. The highest BCUT2D eigenvalue weighted by molar-refractivity contribution is 5.70. The zero-order valence-electron chi connectivity index (χ0n) is 22.8. The van der Waals surface area contributed by atoms with Crippen LogP contribution >= 0.6 is 0 Å². The number of nitrogens with two attached hydrogens (primary N) is 1. The molecule has 0 spiro atoms. The van der Waals surface area contributed by atoms with E-state index in [0.29, 0.717) is 53.6 Å². The Morgan fingerprint density at radius 1 is 0.950 bits per heavy atom. The molecule has 3 atom stereocenters. The molecule has 208 valence electrons. The van der Waals surface area contributed by atoms with Crippen LogP contribution in [0.5, 0.6) is 23.0 Å². The molecule has 40 heavy (non-hydrogen) atoms. The minimum Gasteiger partial charge on any atom is -0.497 e. The normalized spacial score (nSPS) is 22.3. The molecule has 1 fully saturated rings. The average Bonchev–Trinajstić information content (AvgIpc) is 3.67. The van der Waals surface area contributed by atoms with Gasteiger partial charge in [-0.3, -0.25) is 4.79 Å². The van der Waals surface area contributed by atoms with Gasteiger partial charge in [0.2, 0.25) is 0 Å². The molecule has 6 rings (SSSR count). The maximum Gasteiger partial charge on any atom is 0.185 e. The number of benzene rings is 3. The topological polar surface area (TPSA) is 113 Å². The van der Waals surface area contributed by atoms with Crippen molar-refractivity contribution in [3.05, 3.63) is 107 Å². The Kier molecular flexibility index (Phi) is 7.56. The third-order valence-electron chi connectivity index (χ3n) is 7.80. The van der Waals surface area contributed by atoms with Crippen LogP contribution in [-0.4, -0.2) is 32.7 Å². The SMILES string of the molecule is COc1ccc(C23Oc4cc(OC)cc(OC)c4C2(O)CCC3c2ccccc2)cc1.NCc1ccc(C=O)o1. The average molecular weight is 544 g/mol. The third kappa shape index (κ3) is 4.39. The van der Waals surface area contributed by atoms with Crippen LogP contribution < -0.4 is 24.7 Å². The molecule has 3 N–H and O–H groups in total. The maximum atomic E-state index is 12.3. The Bertz CT molecular complexity index is 1470. The summed E-state index contributed by atoms with van der Waals surface area (Å²) in [5.41, 5.74) is 5.68. The summed E-state index contributed by atoms with van der Waals surface area (Å²) in [5.74, 6) is 3.46. The van der Waals surface area contributed by atoms with E-state index in [1.807, 2.05) is 48.5 Å². The lowest BCUT2D eigenvalue weighted by Gasteiger charge is -2.40. The van der Waals surface area contributed by atoms with Gasteiger partial charge < -0.3 is 34.2 Å². The zero-order chi connectivity index (χ0) is 28.3. The first kappa shape index (κ1) is 27.3. The smallest absolute Gasteiger partial charge is 0.185 e. The molecule has 1 saturated carbocycles. The standard InChI is InChI=1S/C26H26O5.C6H7NO2/c1-28-19-11-9-18(10-12-19)26-21(17-7-5-4-6-8-17)13-14-25(26,27)24-22(30-3)15-20(29-2)16-23(24)31-26;7-3-5-1-2-6(4-8)9-5/h4-12,15-16,21,27H,13-14H2,1-3H3;1-2,4H,3,7H2. The van der Waals surface area contributed by atoms with Crippen molar-refractivity contribution in [3.8, 4) is 23.0 Å². The molecule has 1 aliphatic carbocycles. The number of rotatable bonds is 7. The van der Waals surface area contributed by atoms with Gasteiger partial charge in [0.05, 0.1) is 33.4 Å². The molecule has 2 heterocycles. The minimum absolute atomic E-state index is 0.0461. The van der Waals surface area contributed by atoms with Crippen LogP contribution in [-0.2, 0) is 17.7 Å². The van der Waals surface area contributed by atoms with Crippen molar-refractivity contribution in [2.24, 2.45) is 5.73 Å². The molecule has 8 heteroatoms. The highest BCUT2D eigenvalue weighted by Crippen LogP contribution is 2.68. The monoisotopic (exact) mass is 543 g/mol. The van der Waals surface area contributed by atoms with Gasteiger partial charge in [0, 0.05) is 18.1 Å². The van der Waals surface area contributed by atoms with Gasteiger partial charge in [0.1, 0.15) is 34.4 Å². The number of carbonyl (C=O) groups excluding carboxylic acids is 1. The molecule has 4 aromatic rings. The van der Waals surface area contributed by atoms with Crippen LogP contribution in [0.3, 0.4) is 0 Å². The van der Waals surface area contributed by atoms with Crippen LogP contribution in [0.1, 0.15) is 51.8 Å². The van der Waals surface area contributed by atoms with Crippen molar-refractivity contribution in [2.45, 2.75) is 36.5 Å². The molecule has 0 bridgehead atoms. The highest BCUT2D eigenvalue weighted by Gasteiger charge is 2.69. The van der Waals surface area contributed by atoms with Gasteiger partial charge in [-0.15, -0.1) is 0 Å². The lowest BCUT2D eigenvalue weighted by atomic mass is 9.71. The van der Waals surface area contributed by atoms with Gasteiger partial charge in [0.15, 0.2) is 17.6 Å². The van der Waals surface area contributed by atoms with Crippen LogP contribution in [0.15, 0.2) is 83.3 Å². The predicted molar refractivity (Wildman–Crippen MR) is 149 cm³/mol. The van der Waals surface area contributed by atoms with Crippen molar-refractivity contribution >= 4 is 6.29 Å². The van der Waals surface area contributed by atoms with Crippen LogP contribution in [0, 0.1) is 0 Å². The van der Waals surface area contributed by atoms with Crippen molar-refractivity contribution in [2.75, 3.05) is 21.3 Å². The Hall–Kier alpha value is -4.27. The van der Waals surface area contributed by atoms with Gasteiger partial charge in [0.25, 0.3) is 0 Å². The lowest BCUT2D eigenvalue weighted by Crippen LogP contribution is -2.48. The number of fused-ring (bicyclic) bond motifs is 3. The minimum atomic E-state index is -1.25. The van der Waals surface area contributed by atoms with E-state index in [1.54, 1.807) is 39.5 Å². The fourth-order valence-electron chi connectivity index (χ4n) is 5.99. The Morgan fingerprint density at radius 3 is 2.25 bits per heavy atom. The Balaban J connectivity index is 0.000000306. The van der Waals surface area contributed by atoms with Crippen LogP contribution in [0.25, 0.3) is 0 Å². The van der Waals surface area contributed by atoms with E-state index in [9.17, 15) is 9.90 Å². The molecule has 3 aromatic carbocycles. The lowest BCUT2D eigenvalue weighted by molar-refractivity contribution is -0.106. The largest absolute Gasteiger partial charge is 0.497 e. The number of methoxy groups -OCH3 is 3. The van der Waals surface area contributed by atoms with Gasteiger partial charge in [-0.2, -0.15) is 0 Å². The zero-order valence-corrected chi connectivity index (χ0v) is 22.8. The summed E-state index contributed by atoms with van der Waals surface area (Å²) in [4.78, 5) is 10.0. The van der Waals surface area contributed by atoms with E-state index in [2.05, 4.69) is 12.1 Å². The maximum absolute atomic E-state index is 12.3. The summed E-state index contributed by atoms with van der Waals surface area (Å²) >= 11 is 0. The number of ether oxygens (including phenoxy) is 4. The van der Waals surface area contributed by atoms with Crippen LogP contribution in [0.2, 0.25) is 0 Å². The quantitative estimate of drug-likeness (QED) is 0.301. The van der Waals surface area contributed by atoms with E-state index in [1.165, 1.54) is 0 Å². The summed E-state index contributed by atoms with van der Waals surface area (Å²) in [6, 6.07) is 25.0. The number of aldehydes is 1. The van der Waals surface area contributed by atoms with E-state index >= 15 is 0 Å². The Morgan fingerprint density at radius 2 is 1.68 bits per heavy atom. The number of carbonyl (C=O) groups is 1. The first-order chi connectivity index (χ1) is 19.4. The van der Waals surface area contributed by atoms with E-state index in [0.717, 1.165) is 23.3 Å². The molecule has 1 aromatic heterocycles. The second-order valence-electron chi connectivity index (χ2n) is 9.76. The summed E-state index contributed by atoms with van der Waals surface area (Å²) in [7, 11) is 4.86. The van der Waals surface area contributed by atoms with E-state index < -0.39 is 11.2 Å². The van der Waals surface area contributed by atoms with E-state index in [-0.39, 0.29) is 5.92 Å². The van der Waals surface area contributed by atoms with Crippen molar-refractivity contribution < 1.29 is 33.3 Å². The van der Waals surface area contributed by atoms with Gasteiger partial charge in [-0.05, 0) is 48.2 Å². The second-order valence-corrected chi connectivity index (χ2v) is 9.76. The van der Waals surface area contributed by atoms with Gasteiger partial charge in [-0.1, -0.05) is 42.5 Å². The van der Waals surface area contributed by atoms with Crippen molar-refractivity contribution in [1.82, 2.24) is 0 Å². The number of furan rings is 1. The predicted octanol–water partition coefficient (Wildman–Crippen LogP) is 5.32. The van der Waals surface area contributed by atoms with Crippen molar-refractivity contribution in [1.29, 1.82) is 0 Å². The number of hydrogen-bond acceptors (Lipinski definition) is 8. The summed E-state index contributed by atoms with van der Waals surface area (Å²) < 4.78 is 28.2. The van der Waals surface area contributed by atoms with Crippen LogP contribution in [0.4, 0.5) is 0 Å². The summed E-state index contributed by atoms with van der Waals surface area (Å²) in [6.45, 7) is 0.341. The van der Waals surface area contributed by atoms with Crippen molar-refractivity contribution in [3.63, 3.8) is 0 Å². The number of aliphatic hydroxyl groups is 1. The third-order valence-corrected chi connectivity index (χ3v) is 7.80. The fraction of sp³-hybridized carbons (Fsp3) is 0.281. The summed E-state index contributed by atoms with van der Waals surface area (Å²) in [5, 5.41) is 12.3. The molecular weight excluding hydrogens is 510 g/mol. The molecule has 8 nitrogen and oxygen atoms in total. The van der Waals surface area contributed by atoms with Gasteiger partial charge in [-0.25, -0.2) is 0 Å². The van der Waals surface area contributed by atoms with Gasteiger partial charge >= 0.3 is 0 Å². The van der Waals surface area contributed by atoms with E-state index in [4.69, 9.17) is 29.1 Å². The highest BCUT2D eigenvalue weighted by atomic mass is 16.5. The number of hydrogen-bond donors (Lipinski definition) is 2. The second kappa shape index (κ2) is 11.1. The first-order valence-electron chi connectivity index (χ1n) is 13.0.